The Morgan fingerprint density at radius 2 is 1.71 bits per heavy atom. The fourth-order valence-corrected chi connectivity index (χ4v) is 5.27. The topological polar surface area (TPSA) is 54.5 Å². The van der Waals surface area contributed by atoms with E-state index in [1.54, 1.807) is 11.8 Å². The van der Waals surface area contributed by atoms with Gasteiger partial charge in [-0.15, -0.1) is 10.2 Å². The standard InChI is InChI=1S/C26H30N4S/c1-26(2,3)22-15-13-19(14-16-22)24-28-29-25(30(24)23-11-5-4-6-12-23)31-18-21-10-8-7-9-20(21)17-27/h7-10,13-16,23H,4-6,11-12,18H2,1-3H3. The maximum atomic E-state index is 9.41. The second-order valence-electron chi connectivity index (χ2n) is 9.35. The van der Waals surface area contributed by atoms with Crippen LogP contribution in [0.1, 0.15) is 75.6 Å². The third-order valence-electron chi connectivity index (χ3n) is 6.11. The lowest BCUT2D eigenvalue weighted by molar-refractivity contribution is 0.339. The van der Waals surface area contributed by atoms with Crippen molar-refractivity contribution < 1.29 is 0 Å². The highest BCUT2D eigenvalue weighted by atomic mass is 32.2. The van der Waals surface area contributed by atoms with E-state index in [-0.39, 0.29) is 5.41 Å². The molecule has 0 unspecified atom stereocenters. The summed E-state index contributed by atoms with van der Waals surface area (Å²) < 4.78 is 2.37. The quantitative estimate of drug-likeness (QED) is 0.413. The van der Waals surface area contributed by atoms with E-state index in [0.717, 1.165) is 33.4 Å². The van der Waals surface area contributed by atoms with Crippen LogP contribution < -0.4 is 0 Å². The van der Waals surface area contributed by atoms with E-state index in [4.69, 9.17) is 0 Å². The Hall–Kier alpha value is -2.58. The van der Waals surface area contributed by atoms with Gasteiger partial charge in [-0.3, -0.25) is 4.57 Å². The molecule has 5 heteroatoms. The van der Waals surface area contributed by atoms with Crippen LogP contribution in [0, 0.1) is 11.3 Å². The van der Waals surface area contributed by atoms with E-state index < -0.39 is 0 Å². The third-order valence-corrected chi connectivity index (χ3v) is 7.10. The fraction of sp³-hybridized carbons (Fsp3) is 0.423. The largest absolute Gasteiger partial charge is 0.299 e. The number of nitrogens with zero attached hydrogens (tertiary/aromatic N) is 4. The lowest BCUT2D eigenvalue weighted by atomic mass is 9.86. The van der Waals surface area contributed by atoms with Gasteiger partial charge in [0.25, 0.3) is 0 Å². The number of benzene rings is 2. The van der Waals surface area contributed by atoms with E-state index in [2.05, 4.69) is 65.9 Å². The molecule has 0 saturated heterocycles. The van der Waals surface area contributed by atoms with Crippen LogP contribution in [-0.2, 0) is 11.2 Å². The minimum Gasteiger partial charge on any atom is -0.299 e. The Morgan fingerprint density at radius 1 is 1.00 bits per heavy atom. The van der Waals surface area contributed by atoms with Crippen molar-refractivity contribution in [1.82, 2.24) is 14.8 Å². The normalized spacial score (nSPS) is 15.0. The molecule has 1 aromatic heterocycles. The second kappa shape index (κ2) is 9.28. The van der Waals surface area contributed by atoms with Crippen molar-refractivity contribution in [2.24, 2.45) is 0 Å². The molecular weight excluding hydrogens is 400 g/mol. The van der Waals surface area contributed by atoms with Crippen molar-refractivity contribution in [2.75, 3.05) is 0 Å². The van der Waals surface area contributed by atoms with Crippen LogP contribution in [0.15, 0.2) is 53.7 Å². The Morgan fingerprint density at radius 3 is 2.39 bits per heavy atom. The van der Waals surface area contributed by atoms with Gasteiger partial charge in [-0.1, -0.05) is 94.3 Å². The first kappa shape index (κ1) is 21.6. The Bertz CT molecular complexity index is 1060. The predicted octanol–water partition coefficient (Wildman–Crippen LogP) is 6.91. The van der Waals surface area contributed by atoms with E-state index in [1.807, 2.05) is 24.3 Å². The molecule has 0 N–H and O–H groups in total. The van der Waals surface area contributed by atoms with E-state index >= 15 is 0 Å². The van der Waals surface area contributed by atoms with E-state index in [9.17, 15) is 5.26 Å². The minimum atomic E-state index is 0.130. The first-order valence-electron chi connectivity index (χ1n) is 11.1. The molecule has 0 amide bonds. The number of rotatable bonds is 5. The molecule has 0 bridgehead atoms. The van der Waals surface area contributed by atoms with Gasteiger partial charge in [-0.25, -0.2) is 0 Å². The maximum Gasteiger partial charge on any atom is 0.192 e. The predicted molar refractivity (Wildman–Crippen MR) is 127 cm³/mol. The lowest BCUT2D eigenvalue weighted by Gasteiger charge is -2.26. The summed E-state index contributed by atoms with van der Waals surface area (Å²) >= 11 is 1.68. The van der Waals surface area contributed by atoms with Crippen molar-refractivity contribution in [1.29, 1.82) is 5.26 Å². The van der Waals surface area contributed by atoms with Gasteiger partial charge in [-0.2, -0.15) is 5.26 Å². The summed E-state index contributed by atoms with van der Waals surface area (Å²) in [5, 5.41) is 19.6. The van der Waals surface area contributed by atoms with Crippen LogP contribution in [-0.4, -0.2) is 14.8 Å². The van der Waals surface area contributed by atoms with Crippen LogP contribution in [0.5, 0.6) is 0 Å². The molecule has 31 heavy (non-hydrogen) atoms. The molecule has 1 fully saturated rings. The van der Waals surface area contributed by atoms with Crippen molar-refractivity contribution in [3.63, 3.8) is 0 Å². The number of thioether (sulfide) groups is 1. The molecule has 3 aromatic rings. The van der Waals surface area contributed by atoms with Crippen LogP contribution in [0.25, 0.3) is 11.4 Å². The molecule has 0 spiro atoms. The lowest BCUT2D eigenvalue weighted by Crippen LogP contribution is -2.15. The van der Waals surface area contributed by atoms with Crippen molar-refractivity contribution in [3.05, 3.63) is 65.2 Å². The van der Waals surface area contributed by atoms with Crippen LogP contribution >= 0.6 is 11.8 Å². The van der Waals surface area contributed by atoms with Gasteiger partial charge in [0, 0.05) is 17.4 Å². The summed E-state index contributed by atoms with van der Waals surface area (Å²) in [6.07, 6.45) is 6.17. The molecule has 4 nitrogen and oxygen atoms in total. The maximum absolute atomic E-state index is 9.41. The molecule has 160 valence electrons. The highest BCUT2D eigenvalue weighted by Gasteiger charge is 2.24. The van der Waals surface area contributed by atoms with Gasteiger partial charge >= 0.3 is 0 Å². The zero-order chi connectivity index (χ0) is 21.8. The molecule has 0 atom stereocenters. The summed E-state index contributed by atoms with van der Waals surface area (Å²) in [5.41, 5.74) is 4.35. The van der Waals surface area contributed by atoms with E-state index in [1.165, 1.54) is 37.7 Å². The summed E-state index contributed by atoms with van der Waals surface area (Å²) in [6, 6.07) is 19.3. The second-order valence-corrected chi connectivity index (χ2v) is 10.3. The van der Waals surface area contributed by atoms with Gasteiger partial charge in [0.2, 0.25) is 0 Å². The average molecular weight is 431 g/mol. The summed E-state index contributed by atoms with van der Waals surface area (Å²) in [4.78, 5) is 0. The van der Waals surface area contributed by atoms with Crippen molar-refractivity contribution in [3.8, 4) is 17.5 Å². The zero-order valence-corrected chi connectivity index (χ0v) is 19.5. The highest BCUT2D eigenvalue weighted by molar-refractivity contribution is 7.98. The van der Waals surface area contributed by atoms with Crippen LogP contribution in [0.3, 0.4) is 0 Å². The first-order valence-corrected chi connectivity index (χ1v) is 12.1. The number of aromatic nitrogens is 3. The number of hydrogen-bond acceptors (Lipinski definition) is 4. The van der Waals surface area contributed by atoms with Gasteiger partial charge in [0.1, 0.15) is 0 Å². The third kappa shape index (κ3) is 4.85. The average Bonchev–Trinajstić information content (AvgIpc) is 3.22. The van der Waals surface area contributed by atoms with Gasteiger partial charge < -0.3 is 0 Å². The summed E-state index contributed by atoms with van der Waals surface area (Å²) in [7, 11) is 0. The molecule has 0 aliphatic heterocycles. The molecule has 4 rings (SSSR count). The smallest absolute Gasteiger partial charge is 0.192 e. The molecule has 1 aliphatic carbocycles. The monoisotopic (exact) mass is 430 g/mol. The number of hydrogen-bond donors (Lipinski definition) is 0. The molecule has 1 aliphatic rings. The Balaban J connectivity index is 1.66. The fourth-order valence-electron chi connectivity index (χ4n) is 4.26. The van der Waals surface area contributed by atoms with Crippen LogP contribution in [0.4, 0.5) is 0 Å². The van der Waals surface area contributed by atoms with Crippen LogP contribution in [0.2, 0.25) is 0 Å². The first-order chi connectivity index (χ1) is 15.0. The van der Waals surface area contributed by atoms with Crippen molar-refractivity contribution >= 4 is 11.8 Å². The Labute approximate surface area is 189 Å². The van der Waals surface area contributed by atoms with E-state index in [0.29, 0.717) is 6.04 Å². The number of nitriles is 1. The minimum absolute atomic E-state index is 0.130. The van der Waals surface area contributed by atoms with Gasteiger partial charge in [0.05, 0.1) is 11.6 Å². The van der Waals surface area contributed by atoms with Crippen molar-refractivity contribution in [2.45, 2.75) is 75.2 Å². The summed E-state index contributed by atoms with van der Waals surface area (Å²) in [6.45, 7) is 6.71. The SMILES string of the molecule is CC(C)(C)c1ccc(-c2nnc(SCc3ccccc3C#N)n2C2CCCCC2)cc1. The molecule has 0 radical (unpaired) electrons. The summed E-state index contributed by atoms with van der Waals surface area (Å²) in [5.74, 6) is 1.68. The van der Waals surface area contributed by atoms with Gasteiger partial charge in [-0.05, 0) is 35.4 Å². The molecular formula is C26H30N4S. The zero-order valence-electron chi connectivity index (χ0n) is 18.6. The highest BCUT2D eigenvalue weighted by Crippen LogP contribution is 2.37. The molecule has 1 saturated carbocycles. The van der Waals surface area contributed by atoms with Gasteiger partial charge in [0.15, 0.2) is 11.0 Å². The Kier molecular flexibility index (Phi) is 6.48. The molecule has 2 aromatic carbocycles. The molecule has 1 heterocycles.